The number of rotatable bonds is 4. The number of aromatic nitrogens is 1. The maximum atomic E-state index is 13.5. The van der Waals surface area contributed by atoms with E-state index in [9.17, 15) is 9.90 Å². The maximum absolute atomic E-state index is 13.5. The fourth-order valence-corrected chi connectivity index (χ4v) is 8.26. The molecule has 5 nitrogen and oxygen atoms in total. The van der Waals surface area contributed by atoms with Gasteiger partial charge in [-0.25, -0.2) is 0 Å². The van der Waals surface area contributed by atoms with Crippen molar-refractivity contribution < 1.29 is 9.90 Å². The zero-order valence-electron chi connectivity index (χ0n) is 19.9. The lowest BCUT2D eigenvalue weighted by atomic mass is 9.45. The maximum Gasteiger partial charge on any atom is 0.253 e. The van der Waals surface area contributed by atoms with Crippen LogP contribution in [0.3, 0.4) is 0 Å². The van der Waals surface area contributed by atoms with Crippen LogP contribution in [0.25, 0.3) is 0 Å². The van der Waals surface area contributed by atoms with Crippen LogP contribution in [0.5, 0.6) is 5.75 Å². The predicted molar refractivity (Wildman–Crippen MR) is 131 cm³/mol. The molecule has 7 rings (SSSR count). The van der Waals surface area contributed by atoms with E-state index in [0.29, 0.717) is 23.3 Å². The van der Waals surface area contributed by atoms with Crippen molar-refractivity contribution in [1.82, 2.24) is 14.8 Å². The van der Waals surface area contributed by atoms with Crippen molar-refractivity contribution in [2.45, 2.75) is 56.0 Å². The van der Waals surface area contributed by atoms with Gasteiger partial charge in [0.05, 0.1) is 0 Å². The molecule has 4 unspecified atom stereocenters. The summed E-state index contributed by atoms with van der Waals surface area (Å²) in [7, 11) is 1.98. The second-order valence-corrected chi connectivity index (χ2v) is 11.6. The highest BCUT2D eigenvalue weighted by Gasteiger charge is 2.68. The van der Waals surface area contributed by atoms with Gasteiger partial charge >= 0.3 is 0 Å². The first kappa shape index (κ1) is 20.7. The van der Waals surface area contributed by atoms with Gasteiger partial charge in [-0.05, 0) is 92.3 Å². The monoisotopic (exact) mass is 455 g/mol. The Morgan fingerprint density at radius 1 is 1.18 bits per heavy atom. The molecule has 2 bridgehead atoms. The van der Waals surface area contributed by atoms with Gasteiger partial charge in [-0.3, -0.25) is 14.7 Å². The molecule has 4 aliphatic carbocycles. The van der Waals surface area contributed by atoms with E-state index >= 15 is 0 Å². The van der Waals surface area contributed by atoms with Crippen molar-refractivity contribution in [2.75, 3.05) is 20.1 Å². The summed E-state index contributed by atoms with van der Waals surface area (Å²) in [6, 6.07) is 10.3. The Morgan fingerprint density at radius 3 is 2.79 bits per heavy atom. The first-order valence-electron chi connectivity index (χ1n) is 12.9. The van der Waals surface area contributed by atoms with Crippen molar-refractivity contribution in [2.24, 2.45) is 17.3 Å². The van der Waals surface area contributed by atoms with Crippen molar-refractivity contribution >= 4 is 5.91 Å². The second kappa shape index (κ2) is 7.17. The topological polar surface area (TPSA) is 56.7 Å². The van der Waals surface area contributed by atoms with Gasteiger partial charge in [0.2, 0.25) is 0 Å². The number of fused-ring (bicyclic) bond motifs is 2. The highest BCUT2D eigenvalue weighted by Crippen LogP contribution is 2.68. The van der Waals surface area contributed by atoms with E-state index < -0.39 is 0 Å². The molecule has 1 amide bonds. The zero-order chi connectivity index (χ0) is 23.1. The largest absolute Gasteiger partial charge is 0.508 e. The van der Waals surface area contributed by atoms with Crippen LogP contribution in [0.15, 0.2) is 54.9 Å². The zero-order valence-corrected chi connectivity index (χ0v) is 19.9. The van der Waals surface area contributed by atoms with Crippen LogP contribution >= 0.6 is 0 Å². The Kier molecular flexibility index (Phi) is 4.37. The number of likely N-dealkylation sites (tertiary alicyclic amines) is 1. The first-order chi connectivity index (χ1) is 16.5. The molecule has 3 fully saturated rings. The van der Waals surface area contributed by atoms with Crippen LogP contribution in [0.2, 0.25) is 0 Å². The number of benzene rings is 1. The molecule has 2 aromatic rings. The fourth-order valence-electron chi connectivity index (χ4n) is 8.26. The van der Waals surface area contributed by atoms with Crippen LogP contribution < -0.4 is 0 Å². The van der Waals surface area contributed by atoms with Gasteiger partial charge in [0.1, 0.15) is 5.75 Å². The lowest BCUT2D eigenvalue weighted by molar-refractivity contribution is -0.0934. The standard InChI is InChI=1S/C29H33N3O2/c1-31(27(34)20-8-11-30-12-9-20)25-17-28-10-13-32(18-19-2-3-19)26-7-5-22(25)16-29(26,28)15-21-4-6-23(33)14-24(21)28/h4-9,11-12,14,19,22,25-26,33H,2-3,10,13,15-18H2,1H3/t22?,25-,26?,28?,29?/m0/s1. The number of hydrogen-bond acceptors (Lipinski definition) is 4. The average molecular weight is 456 g/mol. The number of hydrogen-bond donors (Lipinski definition) is 1. The Morgan fingerprint density at radius 2 is 2.00 bits per heavy atom. The quantitative estimate of drug-likeness (QED) is 0.703. The lowest BCUT2D eigenvalue weighted by Crippen LogP contribution is -2.68. The number of aromatic hydroxyl groups is 1. The van der Waals surface area contributed by atoms with Crippen molar-refractivity contribution in [3.8, 4) is 5.75 Å². The number of piperidine rings is 1. The molecule has 1 spiro atoms. The number of phenolic OH excluding ortho intramolecular Hbond substituents is 1. The molecule has 2 saturated carbocycles. The molecule has 1 saturated heterocycles. The third kappa shape index (κ3) is 2.76. The summed E-state index contributed by atoms with van der Waals surface area (Å²) in [4.78, 5) is 22.3. The number of pyridine rings is 1. The van der Waals surface area contributed by atoms with Crippen LogP contribution in [0.1, 0.15) is 53.6 Å². The van der Waals surface area contributed by atoms with Gasteiger partial charge in [-0.2, -0.15) is 0 Å². The smallest absolute Gasteiger partial charge is 0.253 e. The Labute approximate surface area is 201 Å². The molecule has 1 N–H and O–H groups in total. The Bertz CT molecular complexity index is 1180. The van der Waals surface area contributed by atoms with Gasteiger partial charge in [-0.1, -0.05) is 18.2 Å². The number of nitrogens with zero attached hydrogens (tertiary/aromatic N) is 3. The van der Waals surface area contributed by atoms with Crippen molar-refractivity contribution in [3.63, 3.8) is 0 Å². The molecule has 1 aromatic carbocycles. The molecule has 1 aliphatic heterocycles. The summed E-state index contributed by atoms with van der Waals surface area (Å²) in [5.41, 5.74) is 3.63. The van der Waals surface area contributed by atoms with E-state index in [2.05, 4.69) is 34.2 Å². The average Bonchev–Trinajstić information content (AvgIpc) is 3.64. The summed E-state index contributed by atoms with van der Waals surface area (Å²) >= 11 is 0. The minimum absolute atomic E-state index is 0.00447. The van der Waals surface area contributed by atoms with E-state index in [-0.39, 0.29) is 22.8 Å². The fraction of sp³-hybridized carbons (Fsp3) is 0.517. The van der Waals surface area contributed by atoms with E-state index in [1.165, 1.54) is 30.5 Å². The number of phenols is 1. The van der Waals surface area contributed by atoms with Gasteiger partial charge < -0.3 is 10.0 Å². The van der Waals surface area contributed by atoms with Crippen LogP contribution in [-0.2, 0) is 11.8 Å². The van der Waals surface area contributed by atoms with Gasteiger partial charge in [-0.15, -0.1) is 0 Å². The summed E-state index contributed by atoms with van der Waals surface area (Å²) < 4.78 is 0. The molecule has 1 aromatic heterocycles. The highest BCUT2D eigenvalue weighted by molar-refractivity contribution is 5.94. The third-order valence-corrected chi connectivity index (χ3v) is 9.98. The molecule has 5 aliphatic rings. The number of carbonyl (C=O) groups excluding carboxylic acids is 1. The van der Waals surface area contributed by atoms with E-state index in [0.717, 1.165) is 38.1 Å². The summed E-state index contributed by atoms with van der Waals surface area (Å²) in [5.74, 6) is 1.69. The van der Waals surface area contributed by atoms with Gasteiger partial charge in [0.15, 0.2) is 0 Å². The van der Waals surface area contributed by atoms with Gasteiger partial charge in [0, 0.05) is 54.5 Å². The summed E-state index contributed by atoms with van der Waals surface area (Å²) in [5, 5.41) is 10.5. The Hall–Kier alpha value is -2.66. The lowest BCUT2D eigenvalue weighted by Gasteiger charge is -2.65. The SMILES string of the molecule is CN(C(=O)c1ccncc1)[C@H]1CC23CCN(CC4CC4)C4C=CC1CC42Cc1ccc(O)cc13. The summed E-state index contributed by atoms with van der Waals surface area (Å²) in [6.45, 7) is 2.32. The summed E-state index contributed by atoms with van der Waals surface area (Å²) in [6.07, 6.45) is 15.4. The third-order valence-electron chi connectivity index (χ3n) is 9.98. The minimum Gasteiger partial charge on any atom is -0.508 e. The molecule has 0 radical (unpaired) electrons. The van der Waals surface area contributed by atoms with Crippen LogP contribution in [0.4, 0.5) is 0 Å². The van der Waals surface area contributed by atoms with Crippen molar-refractivity contribution in [1.29, 1.82) is 0 Å². The van der Waals surface area contributed by atoms with Crippen LogP contribution in [-0.4, -0.2) is 58.0 Å². The Balaban J connectivity index is 1.32. The molecular weight excluding hydrogens is 422 g/mol. The van der Waals surface area contributed by atoms with E-state index in [4.69, 9.17) is 0 Å². The molecule has 5 atom stereocenters. The van der Waals surface area contributed by atoms with Crippen molar-refractivity contribution in [3.05, 3.63) is 71.6 Å². The minimum atomic E-state index is 0.00447. The first-order valence-corrected chi connectivity index (χ1v) is 12.9. The molecule has 34 heavy (non-hydrogen) atoms. The second-order valence-electron chi connectivity index (χ2n) is 11.6. The molecule has 2 heterocycles. The number of carbonyl (C=O) groups is 1. The van der Waals surface area contributed by atoms with Gasteiger partial charge in [0.25, 0.3) is 5.91 Å². The molecule has 5 heteroatoms. The molecular formula is C29H33N3O2. The number of amides is 1. The van der Waals surface area contributed by atoms with Crippen LogP contribution in [0, 0.1) is 17.3 Å². The molecule has 176 valence electrons. The van der Waals surface area contributed by atoms with E-state index in [1.54, 1.807) is 12.4 Å². The van der Waals surface area contributed by atoms with E-state index in [1.807, 2.05) is 30.1 Å². The predicted octanol–water partition coefficient (Wildman–Crippen LogP) is 4.17. The normalized spacial score (nSPS) is 35.5. The highest BCUT2D eigenvalue weighted by atomic mass is 16.3.